The van der Waals surface area contributed by atoms with Gasteiger partial charge in [0.15, 0.2) is 0 Å². The molecule has 21 heavy (non-hydrogen) atoms. The van der Waals surface area contributed by atoms with Gasteiger partial charge in [-0.2, -0.15) is 0 Å². The van der Waals surface area contributed by atoms with Gasteiger partial charge in [-0.25, -0.2) is 17.9 Å². The predicted molar refractivity (Wildman–Crippen MR) is 77.0 cm³/mol. The van der Waals surface area contributed by atoms with E-state index in [2.05, 4.69) is 4.72 Å². The first kappa shape index (κ1) is 16.2. The average Bonchev–Trinajstić information content (AvgIpc) is 2.86. The minimum Gasteiger partial charge on any atom is -0.478 e. The Bertz CT molecular complexity index is 653. The Labute approximate surface area is 127 Å². The Morgan fingerprint density at radius 3 is 2.43 bits per heavy atom. The minimum absolute atomic E-state index is 0.114. The third-order valence-corrected chi connectivity index (χ3v) is 5.58. The number of aliphatic hydroxyl groups excluding tert-OH is 1. The monoisotopic (exact) mass is 333 g/mol. The Kier molecular flexibility index (Phi) is 4.57. The Morgan fingerprint density at radius 2 is 1.95 bits per heavy atom. The molecule has 2 rings (SSSR count). The Hall–Kier alpha value is -1.15. The first-order chi connectivity index (χ1) is 9.80. The molecule has 3 N–H and O–H groups in total. The van der Waals surface area contributed by atoms with Crippen molar-refractivity contribution in [3.63, 3.8) is 0 Å². The van der Waals surface area contributed by atoms with Crippen LogP contribution in [0.3, 0.4) is 0 Å². The van der Waals surface area contributed by atoms with E-state index in [1.807, 2.05) is 0 Å². The smallest absolute Gasteiger partial charge is 0.337 e. The normalized spacial score (nSPS) is 17.8. The lowest BCUT2D eigenvalue weighted by molar-refractivity contribution is 0.0697. The third kappa shape index (κ3) is 3.37. The number of carbonyl (C=O) groups is 1. The number of carboxylic acid groups (broad SMARTS) is 1. The zero-order valence-corrected chi connectivity index (χ0v) is 12.7. The molecule has 1 aliphatic rings. The lowest BCUT2D eigenvalue weighted by atomic mass is 10.0. The highest BCUT2D eigenvalue weighted by atomic mass is 35.5. The summed E-state index contributed by atoms with van der Waals surface area (Å²) >= 11 is 5.79. The number of halogens is 1. The van der Waals surface area contributed by atoms with E-state index in [1.54, 1.807) is 0 Å². The molecular formula is C13H16ClNO5S. The van der Waals surface area contributed by atoms with Crippen molar-refractivity contribution in [1.82, 2.24) is 4.72 Å². The number of benzene rings is 1. The van der Waals surface area contributed by atoms with E-state index in [4.69, 9.17) is 16.7 Å². The van der Waals surface area contributed by atoms with Crippen molar-refractivity contribution in [1.29, 1.82) is 0 Å². The largest absolute Gasteiger partial charge is 0.478 e. The molecule has 0 amide bonds. The highest BCUT2D eigenvalue weighted by Gasteiger charge is 2.37. The zero-order valence-electron chi connectivity index (χ0n) is 11.2. The van der Waals surface area contributed by atoms with Gasteiger partial charge in [0.05, 0.1) is 27.6 Å². The van der Waals surface area contributed by atoms with E-state index in [0.29, 0.717) is 12.8 Å². The molecule has 0 radical (unpaired) electrons. The van der Waals surface area contributed by atoms with E-state index >= 15 is 0 Å². The second-order valence-corrected chi connectivity index (χ2v) is 7.29. The molecule has 0 unspecified atom stereocenters. The number of aromatic carboxylic acids is 1. The number of hydrogen-bond acceptors (Lipinski definition) is 4. The van der Waals surface area contributed by atoms with E-state index in [0.717, 1.165) is 25.0 Å². The lowest BCUT2D eigenvalue weighted by Gasteiger charge is -2.27. The van der Waals surface area contributed by atoms with Crippen molar-refractivity contribution in [2.45, 2.75) is 36.1 Å². The van der Waals surface area contributed by atoms with Gasteiger partial charge in [0, 0.05) is 0 Å². The number of aliphatic hydroxyl groups is 1. The van der Waals surface area contributed by atoms with E-state index in [9.17, 15) is 18.3 Å². The Balaban J connectivity index is 2.31. The van der Waals surface area contributed by atoms with Crippen molar-refractivity contribution < 1.29 is 23.4 Å². The number of sulfonamides is 1. The topological polar surface area (TPSA) is 104 Å². The van der Waals surface area contributed by atoms with Gasteiger partial charge in [-0.1, -0.05) is 24.4 Å². The van der Waals surface area contributed by atoms with Gasteiger partial charge in [-0.15, -0.1) is 0 Å². The van der Waals surface area contributed by atoms with Crippen LogP contribution in [0.2, 0.25) is 5.02 Å². The highest BCUT2D eigenvalue weighted by Crippen LogP contribution is 2.31. The van der Waals surface area contributed by atoms with Crippen molar-refractivity contribution in [3.8, 4) is 0 Å². The van der Waals surface area contributed by atoms with Crippen LogP contribution in [0, 0.1) is 0 Å². The first-order valence-corrected chi connectivity index (χ1v) is 8.33. The fourth-order valence-corrected chi connectivity index (χ4v) is 4.33. The molecule has 1 aromatic rings. The number of nitrogens with one attached hydrogen (secondary N) is 1. The molecule has 1 saturated carbocycles. The van der Waals surface area contributed by atoms with Gasteiger partial charge in [-0.3, -0.25) is 0 Å². The zero-order chi connectivity index (χ0) is 15.7. The molecule has 1 fully saturated rings. The van der Waals surface area contributed by atoms with Crippen LogP contribution < -0.4 is 4.72 Å². The van der Waals surface area contributed by atoms with Crippen LogP contribution in [0.5, 0.6) is 0 Å². The van der Waals surface area contributed by atoms with Gasteiger partial charge >= 0.3 is 5.97 Å². The summed E-state index contributed by atoms with van der Waals surface area (Å²) < 4.78 is 27.2. The van der Waals surface area contributed by atoms with Crippen LogP contribution in [0.15, 0.2) is 23.1 Å². The number of carboxylic acids is 1. The summed E-state index contributed by atoms with van der Waals surface area (Å²) in [5, 5.41) is 18.2. The van der Waals surface area contributed by atoms with E-state index in [1.165, 1.54) is 6.07 Å². The maximum absolute atomic E-state index is 12.4. The number of rotatable bonds is 5. The van der Waals surface area contributed by atoms with Gasteiger partial charge < -0.3 is 10.2 Å². The lowest BCUT2D eigenvalue weighted by Crippen LogP contribution is -2.49. The Morgan fingerprint density at radius 1 is 1.33 bits per heavy atom. The molecule has 6 nitrogen and oxygen atoms in total. The summed E-state index contributed by atoms with van der Waals surface area (Å²) in [6.07, 6.45) is 2.84. The maximum Gasteiger partial charge on any atom is 0.337 e. The molecule has 1 aliphatic carbocycles. The van der Waals surface area contributed by atoms with Crippen LogP contribution in [-0.4, -0.2) is 36.7 Å². The summed E-state index contributed by atoms with van der Waals surface area (Å²) in [4.78, 5) is 10.8. The first-order valence-electron chi connectivity index (χ1n) is 6.47. The molecule has 0 heterocycles. The fourth-order valence-electron chi connectivity index (χ4n) is 2.52. The van der Waals surface area contributed by atoms with Gasteiger partial charge in [0.2, 0.25) is 10.0 Å². The fraction of sp³-hybridized carbons (Fsp3) is 0.462. The van der Waals surface area contributed by atoms with Crippen molar-refractivity contribution in [3.05, 3.63) is 28.8 Å². The number of hydrogen-bond donors (Lipinski definition) is 3. The van der Waals surface area contributed by atoms with Crippen LogP contribution in [0.4, 0.5) is 0 Å². The summed E-state index contributed by atoms with van der Waals surface area (Å²) in [5.41, 5.74) is -0.995. The molecule has 0 spiro atoms. The third-order valence-electron chi connectivity index (χ3n) is 3.70. The quantitative estimate of drug-likeness (QED) is 0.759. The molecule has 0 bridgehead atoms. The van der Waals surface area contributed by atoms with Crippen molar-refractivity contribution in [2.24, 2.45) is 0 Å². The molecular weight excluding hydrogens is 318 g/mol. The summed E-state index contributed by atoms with van der Waals surface area (Å²) in [6.45, 7) is -0.271. The van der Waals surface area contributed by atoms with E-state index in [-0.39, 0.29) is 22.1 Å². The summed E-state index contributed by atoms with van der Waals surface area (Å²) in [5.74, 6) is -1.22. The maximum atomic E-state index is 12.4. The predicted octanol–water partition coefficient (Wildman–Crippen LogP) is 1.62. The van der Waals surface area contributed by atoms with E-state index < -0.39 is 21.5 Å². The van der Waals surface area contributed by atoms with Crippen LogP contribution in [-0.2, 0) is 10.0 Å². The molecule has 116 valence electrons. The average molecular weight is 334 g/mol. The second kappa shape index (κ2) is 5.92. The van der Waals surface area contributed by atoms with Gasteiger partial charge in [-0.05, 0) is 31.0 Å². The van der Waals surface area contributed by atoms with Crippen LogP contribution in [0.1, 0.15) is 36.0 Å². The van der Waals surface area contributed by atoms with Crippen LogP contribution >= 0.6 is 11.6 Å². The standard InChI is InChI=1S/C13H16ClNO5S/c14-11-7-9(3-4-10(11)12(17)18)21(19,20)15-13(8-16)5-1-2-6-13/h3-4,7,15-16H,1-2,5-6,8H2,(H,17,18). The SMILES string of the molecule is O=C(O)c1ccc(S(=O)(=O)NC2(CO)CCCC2)cc1Cl. The minimum atomic E-state index is -3.87. The summed E-state index contributed by atoms with van der Waals surface area (Å²) in [6, 6.07) is 3.45. The summed E-state index contributed by atoms with van der Waals surface area (Å²) in [7, 11) is -3.87. The molecule has 0 atom stereocenters. The molecule has 1 aromatic carbocycles. The molecule has 0 saturated heterocycles. The second-order valence-electron chi connectivity index (χ2n) is 5.20. The van der Waals surface area contributed by atoms with Crippen molar-refractivity contribution in [2.75, 3.05) is 6.61 Å². The molecule has 8 heteroatoms. The van der Waals surface area contributed by atoms with Crippen molar-refractivity contribution >= 4 is 27.6 Å². The molecule has 0 aliphatic heterocycles. The van der Waals surface area contributed by atoms with Gasteiger partial charge in [0.25, 0.3) is 0 Å². The van der Waals surface area contributed by atoms with Gasteiger partial charge in [0.1, 0.15) is 0 Å². The van der Waals surface area contributed by atoms with Crippen LogP contribution in [0.25, 0.3) is 0 Å². The molecule has 0 aromatic heterocycles. The highest BCUT2D eigenvalue weighted by molar-refractivity contribution is 7.89.